The number of unbranched alkanes of at least 4 members (excludes halogenated alkanes) is 1. The Bertz CT molecular complexity index is 483. The predicted octanol–water partition coefficient (Wildman–Crippen LogP) is 3.98. The van der Waals surface area contributed by atoms with Crippen LogP contribution in [-0.4, -0.2) is 43.2 Å². The molecule has 4 nitrogen and oxygen atoms in total. The van der Waals surface area contributed by atoms with E-state index in [0.29, 0.717) is 30.4 Å². The van der Waals surface area contributed by atoms with E-state index < -0.39 is 0 Å². The number of ether oxygens (including phenoxy) is 1. The molecule has 22 heavy (non-hydrogen) atoms. The van der Waals surface area contributed by atoms with Gasteiger partial charge in [-0.25, -0.2) is 4.98 Å². The summed E-state index contributed by atoms with van der Waals surface area (Å²) in [4.78, 5) is 17.4. The molecule has 1 unspecified atom stereocenters. The van der Waals surface area contributed by atoms with Gasteiger partial charge < -0.3 is 9.64 Å². The molecule has 0 spiro atoms. The topological polar surface area (TPSA) is 42.4 Å². The highest BCUT2D eigenvalue weighted by Crippen LogP contribution is 2.19. The highest BCUT2D eigenvalue weighted by molar-refractivity contribution is 6.32. The van der Waals surface area contributed by atoms with Crippen molar-refractivity contribution in [2.75, 3.05) is 27.4 Å². The van der Waals surface area contributed by atoms with Crippen LogP contribution in [-0.2, 0) is 0 Å². The number of amides is 1. The highest BCUT2D eigenvalue weighted by Gasteiger charge is 2.14. The van der Waals surface area contributed by atoms with Crippen LogP contribution < -0.4 is 4.74 Å². The van der Waals surface area contributed by atoms with Crippen LogP contribution in [0.2, 0.25) is 5.15 Å². The largest absolute Gasteiger partial charge is 0.478 e. The zero-order valence-corrected chi connectivity index (χ0v) is 14.2. The first kappa shape index (κ1) is 18.7. The number of hydrogen-bond acceptors (Lipinski definition) is 3. The molecular formula is C16H24ClFN2O2. The maximum atomic E-state index is 12.1. The Morgan fingerprint density at radius 2 is 2.09 bits per heavy atom. The van der Waals surface area contributed by atoms with E-state index in [1.807, 2.05) is 0 Å². The first-order valence-corrected chi connectivity index (χ1v) is 7.90. The standard InChI is InChI=1S/C16H24ClFN2O2/c1-12(9-10-18)6-4-5-11-22-14-8-7-13(15(17)19-14)16(21)20(2)3/h7-8,12H,4-6,9-11H2,1-3H3. The maximum Gasteiger partial charge on any atom is 0.256 e. The number of carbonyl (C=O) groups excluding carboxylic acids is 1. The van der Waals surface area contributed by atoms with E-state index in [0.717, 1.165) is 19.3 Å². The minimum atomic E-state index is -0.252. The second kappa shape index (κ2) is 9.62. The molecule has 0 saturated carbocycles. The number of carbonyl (C=O) groups is 1. The van der Waals surface area contributed by atoms with Crippen molar-refractivity contribution in [2.45, 2.75) is 32.6 Å². The van der Waals surface area contributed by atoms with Gasteiger partial charge in [-0.15, -0.1) is 0 Å². The minimum Gasteiger partial charge on any atom is -0.478 e. The van der Waals surface area contributed by atoms with Crippen molar-refractivity contribution in [2.24, 2.45) is 5.92 Å². The fourth-order valence-electron chi connectivity index (χ4n) is 2.00. The van der Waals surface area contributed by atoms with E-state index in [-0.39, 0.29) is 17.7 Å². The summed E-state index contributed by atoms with van der Waals surface area (Å²) in [6.45, 7) is 2.34. The van der Waals surface area contributed by atoms with Gasteiger partial charge in [0.25, 0.3) is 5.91 Å². The van der Waals surface area contributed by atoms with Crippen molar-refractivity contribution in [3.63, 3.8) is 0 Å². The van der Waals surface area contributed by atoms with Crippen LogP contribution in [0.4, 0.5) is 4.39 Å². The second-order valence-electron chi connectivity index (χ2n) is 5.61. The zero-order chi connectivity index (χ0) is 16.5. The van der Waals surface area contributed by atoms with E-state index in [2.05, 4.69) is 11.9 Å². The average Bonchev–Trinajstić information content (AvgIpc) is 2.46. The third-order valence-corrected chi connectivity index (χ3v) is 3.69. The van der Waals surface area contributed by atoms with E-state index in [9.17, 15) is 9.18 Å². The van der Waals surface area contributed by atoms with Crippen molar-refractivity contribution in [1.82, 2.24) is 9.88 Å². The summed E-state index contributed by atoms with van der Waals surface area (Å²) in [5.41, 5.74) is 0.360. The Labute approximate surface area is 136 Å². The lowest BCUT2D eigenvalue weighted by Gasteiger charge is -2.12. The number of hydrogen-bond donors (Lipinski definition) is 0. The molecule has 1 aromatic heterocycles. The molecule has 0 aromatic carbocycles. The lowest BCUT2D eigenvalue weighted by atomic mass is 10.0. The van der Waals surface area contributed by atoms with Gasteiger partial charge in [0.2, 0.25) is 5.88 Å². The molecule has 0 saturated heterocycles. The minimum absolute atomic E-state index is 0.146. The van der Waals surface area contributed by atoms with Gasteiger partial charge in [0.1, 0.15) is 5.15 Å². The van der Waals surface area contributed by atoms with Crippen LogP contribution in [0.3, 0.4) is 0 Å². The lowest BCUT2D eigenvalue weighted by molar-refractivity contribution is 0.0827. The van der Waals surface area contributed by atoms with Crippen molar-refractivity contribution < 1.29 is 13.9 Å². The quantitative estimate of drug-likeness (QED) is 0.508. The summed E-state index contributed by atoms with van der Waals surface area (Å²) in [5.74, 6) is 0.636. The second-order valence-corrected chi connectivity index (χ2v) is 5.97. The number of aromatic nitrogens is 1. The Morgan fingerprint density at radius 1 is 1.36 bits per heavy atom. The number of pyridine rings is 1. The molecule has 124 valence electrons. The van der Waals surface area contributed by atoms with E-state index in [1.165, 1.54) is 4.90 Å². The fourth-order valence-corrected chi connectivity index (χ4v) is 2.23. The first-order chi connectivity index (χ1) is 10.5. The molecule has 0 N–H and O–H groups in total. The Morgan fingerprint density at radius 3 is 2.68 bits per heavy atom. The summed E-state index contributed by atoms with van der Waals surface area (Å²) in [7, 11) is 3.32. The van der Waals surface area contributed by atoms with Crippen molar-refractivity contribution in [3.8, 4) is 5.88 Å². The van der Waals surface area contributed by atoms with Gasteiger partial charge >= 0.3 is 0 Å². The van der Waals surface area contributed by atoms with Gasteiger partial charge in [-0.1, -0.05) is 24.9 Å². The average molecular weight is 331 g/mol. The molecule has 1 aromatic rings. The monoisotopic (exact) mass is 330 g/mol. The normalized spacial score (nSPS) is 12.0. The molecule has 0 aliphatic heterocycles. The van der Waals surface area contributed by atoms with Gasteiger partial charge in [-0.2, -0.15) is 0 Å². The number of alkyl halides is 1. The number of rotatable bonds is 9. The van der Waals surface area contributed by atoms with Crippen LogP contribution in [0, 0.1) is 5.92 Å². The summed E-state index contributed by atoms with van der Waals surface area (Å²) in [6.07, 6.45) is 3.50. The fraction of sp³-hybridized carbons (Fsp3) is 0.625. The maximum absolute atomic E-state index is 12.1. The lowest BCUT2D eigenvalue weighted by Crippen LogP contribution is -2.22. The van der Waals surface area contributed by atoms with Gasteiger partial charge in [0.05, 0.1) is 18.8 Å². The van der Waals surface area contributed by atoms with Crippen LogP contribution in [0.1, 0.15) is 43.0 Å². The van der Waals surface area contributed by atoms with Crippen LogP contribution >= 0.6 is 11.6 Å². The SMILES string of the molecule is CC(CCF)CCCCOc1ccc(C(=O)N(C)C)c(Cl)n1. The van der Waals surface area contributed by atoms with E-state index in [1.54, 1.807) is 26.2 Å². The Balaban J connectivity index is 2.38. The van der Waals surface area contributed by atoms with Crippen molar-refractivity contribution >= 4 is 17.5 Å². The third-order valence-electron chi connectivity index (χ3n) is 3.40. The molecule has 1 amide bonds. The van der Waals surface area contributed by atoms with Crippen molar-refractivity contribution in [3.05, 3.63) is 22.8 Å². The molecule has 0 aliphatic rings. The molecule has 1 heterocycles. The van der Waals surface area contributed by atoms with Crippen LogP contribution in [0.15, 0.2) is 12.1 Å². The summed E-state index contributed by atoms with van der Waals surface area (Å²) < 4.78 is 17.7. The molecule has 6 heteroatoms. The van der Waals surface area contributed by atoms with Crippen LogP contribution in [0.5, 0.6) is 5.88 Å². The molecule has 0 fully saturated rings. The Kier molecular flexibility index (Phi) is 8.17. The molecule has 0 bridgehead atoms. The smallest absolute Gasteiger partial charge is 0.256 e. The highest BCUT2D eigenvalue weighted by atomic mass is 35.5. The van der Waals surface area contributed by atoms with E-state index >= 15 is 0 Å². The molecule has 0 radical (unpaired) electrons. The van der Waals surface area contributed by atoms with Gasteiger partial charge in [0, 0.05) is 20.2 Å². The predicted molar refractivity (Wildman–Crippen MR) is 86.4 cm³/mol. The van der Waals surface area contributed by atoms with Gasteiger partial charge in [-0.3, -0.25) is 9.18 Å². The molecule has 1 atom stereocenters. The van der Waals surface area contributed by atoms with E-state index in [4.69, 9.17) is 16.3 Å². The molecule has 0 aliphatic carbocycles. The van der Waals surface area contributed by atoms with Crippen LogP contribution in [0.25, 0.3) is 0 Å². The number of nitrogens with zero attached hydrogens (tertiary/aromatic N) is 2. The van der Waals surface area contributed by atoms with Crippen molar-refractivity contribution in [1.29, 1.82) is 0 Å². The first-order valence-electron chi connectivity index (χ1n) is 7.52. The number of halogens is 2. The summed E-state index contributed by atoms with van der Waals surface area (Å²) in [6, 6.07) is 3.27. The third kappa shape index (κ3) is 6.18. The van der Waals surface area contributed by atoms with Gasteiger partial charge in [0.15, 0.2) is 0 Å². The zero-order valence-electron chi connectivity index (χ0n) is 13.4. The Hall–Kier alpha value is -1.36. The molecule has 1 rings (SSSR count). The summed E-state index contributed by atoms with van der Waals surface area (Å²) >= 11 is 6.01. The van der Waals surface area contributed by atoms with Gasteiger partial charge in [-0.05, 0) is 31.2 Å². The summed E-state index contributed by atoms with van der Waals surface area (Å²) in [5, 5.41) is 0.146. The molecular weight excluding hydrogens is 307 g/mol.